The first-order chi connectivity index (χ1) is 8.31. The molecule has 86 valence electrons. The first kappa shape index (κ1) is 10.7. The molecule has 0 amide bonds. The molecule has 0 aliphatic heterocycles. The Kier molecular flexibility index (Phi) is 2.60. The van der Waals surface area contributed by atoms with Crippen molar-refractivity contribution in [3.63, 3.8) is 0 Å². The average molecular weight is 262 g/mol. The summed E-state index contributed by atoms with van der Waals surface area (Å²) in [6.07, 6.45) is 3.84. The quantitative estimate of drug-likeness (QED) is 0.666. The molecule has 0 aliphatic rings. The minimum atomic E-state index is 0.814. The van der Waals surface area contributed by atoms with E-state index >= 15 is 0 Å². The number of aromatic nitrogens is 4. The van der Waals surface area contributed by atoms with Gasteiger partial charge in [-0.2, -0.15) is 9.61 Å². The number of aryl methyl sites for hydroxylation is 1. The zero-order valence-corrected chi connectivity index (χ0v) is 11.0. The molecule has 0 aromatic carbocycles. The summed E-state index contributed by atoms with van der Waals surface area (Å²) in [6, 6.07) is 4.01. The maximum absolute atomic E-state index is 4.32. The predicted molar refractivity (Wildman–Crippen MR) is 70.6 cm³/mol. The molecule has 0 aliphatic carbocycles. The number of hydrogen-bond donors (Lipinski definition) is 0. The first-order valence-corrected chi connectivity index (χ1v) is 7.20. The maximum atomic E-state index is 4.32. The first-order valence-electron chi connectivity index (χ1n) is 5.10. The van der Waals surface area contributed by atoms with Gasteiger partial charge in [0.2, 0.25) is 0 Å². The molecule has 3 aromatic heterocycles. The van der Waals surface area contributed by atoms with Crippen molar-refractivity contribution in [2.75, 3.05) is 6.26 Å². The third-order valence-corrected chi connectivity index (χ3v) is 4.64. The molecule has 0 saturated carbocycles. The van der Waals surface area contributed by atoms with Gasteiger partial charge in [-0.05, 0) is 36.3 Å². The third kappa shape index (κ3) is 1.64. The monoisotopic (exact) mass is 262 g/mol. The van der Waals surface area contributed by atoms with E-state index < -0.39 is 0 Å². The van der Waals surface area contributed by atoms with E-state index in [2.05, 4.69) is 33.0 Å². The van der Waals surface area contributed by atoms with Gasteiger partial charge in [-0.15, -0.1) is 33.3 Å². The zero-order valence-electron chi connectivity index (χ0n) is 9.41. The average Bonchev–Trinajstić information content (AvgIpc) is 2.94. The number of thioether (sulfide) groups is 1. The summed E-state index contributed by atoms with van der Waals surface area (Å²) in [5.74, 6) is 0.814. The van der Waals surface area contributed by atoms with E-state index in [1.165, 1.54) is 4.21 Å². The van der Waals surface area contributed by atoms with E-state index in [1.54, 1.807) is 33.8 Å². The molecule has 0 spiro atoms. The molecule has 6 heteroatoms. The van der Waals surface area contributed by atoms with Gasteiger partial charge in [-0.25, -0.2) is 0 Å². The van der Waals surface area contributed by atoms with Crippen LogP contribution in [-0.2, 0) is 0 Å². The van der Waals surface area contributed by atoms with Crippen LogP contribution in [0, 0.1) is 6.92 Å². The Labute approximate surface area is 107 Å². The Bertz CT molecular complexity index is 671. The Hall–Kier alpha value is -1.40. The van der Waals surface area contributed by atoms with E-state index in [9.17, 15) is 0 Å². The molecular weight excluding hydrogens is 252 g/mol. The van der Waals surface area contributed by atoms with Crippen molar-refractivity contribution in [1.29, 1.82) is 0 Å². The fraction of sp³-hybridized carbons (Fsp3) is 0.182. The Balaban J connectivity index is 2.28. The van der Waals surface area contributed by atoms with Crippen LogP contribution in [0.1, 0.15) is 5.56 Å². The van der Waals surface area contributed by atoms with Crippen LogP contribution >= 0.6 is 23.1 Å². The van der Waals surface area contributed by atoms with Gasteiger partial charge in [-0.1, -0.05) is 0 Å². The minimum Gasteiger partial charge on any atom is -0.192 e. The molecular formula is C11H10N4S2. The van der Waals surface area contributed by atoms with E-state index in [0.717, 1.165) is 22.6 Å². The normalized spacial score (nSPS) is 11.2. The second kappa shape index (κ2) is 4.12. The topological polar surface area (TPSA) is 43.1 Å². The zero-order chi connectivity index (χ0) is 11.8. The number of rotatable bonds is 2. The largest absolute Gasteiger partial charge is 0.192 e. The number of nitrogens with zero attached hydrogens (tertiary/aromatic N) is 4. The van der Waals surface area contributed by atoms with Gasteiger partial charge in [-0.3, -0.25) is 0 Å². The molecule has 0 radical (unpaired) electrons. The van der Waals surface area contributed by atoms with E-state index in [0.29, 0.717) is 0 Å². The van der Waals surface area contributed by atoms with Crippen molar-refractivity contribution in [2.45, 2.75) is 11.1 Å². The van der Waals surface area contributed by atoms with Crippen LogP contribution in [0.4, 0.5) is 0 Å². The molecule has 0 bridgehead atoms. The van der Waals surface area contributed by atoms with Crippen LogP contribution in [0.3, 0.4) is 0 Å². The molecule has 17 heavy (non-hydrogen) atoms. The van der Waals surface area contributed by atoms with Crippen LogP contribution < -0.4 is 0 Å². The molecule has 3 aromatic rings. The highest BCUT2D eigenvalue weighted by molar-refractivity contribution is 8.00. The van der Waals surface area contributed by atoms with Crippen LogP contribution in [0.25, 0.3) is 17.0 Å². The molecule has 0 N–H and O–H groups in total. The third-order valence-electron chi connectivity index (χ3n) is 2.56. The predicted octanol–water partition coefficient (Wildman–Crippen LogP) is 2.88. The van der Waals surface area contributed by atoms with Gasteiger partial charge in [0, 0.05) is 11.8 Å². The van der Waals surface area contributed by atoms with Crippen LogP contribution in [0.5, 0.6) is 0 Å². The Morgan fingerprint density at radius 3 is 3.00 bits per heavy atom. The van der Waals surface area contributed by atoms with Crippen molar-refractivity contribution in [2.24, 2.45) is 0 Å². The smallest absolute Gasteiger partial charge is 0.187 e. The summed E-state index contributed by atoms with van der Waals surface area (Å²) < 4.78 is 3.04. The van der Waals surface area contributed by atoms with Crippen LogP contribution in [-0.4, -0.2) is 26.1 Å². The van der Waals surface area contributed by atoms with Crippen molar-refractivity contribution in [3.8, 4) is 11.4 Å². The SMILES string of the molecule is CSc1sccc1-c1nnc2c(C)ccnn12. The summed E-state index contributed by atoms with van der Waals surface area (Å²) in [6.45, 7) is 2.01. The van der Waals surface area contributed by atoms with Gasteiger partial charge < -0.3 is 0 Å². The van der Waals surface area contributed by atoms with Crippen LogP contribution in [0.2, 0.25) is 0 Å². The number of hydrogen-bond acceptors (Lipinski definition) is 5. The van der Waals surface area contributed by atoms with Gasteiger partial charge in [0.1, 0.15) is 0 Å². The highest BCUT2D eigenvalue weighted by atomic mass is 32.2. The van der Waals surface area contributed by atoms with Crippen molar-refractivity contribution < 1.29 is 0 Å². The molecule has 0 atom stereocenters. The molecule has 0 saturated heterocycles. The van der Waals surface area contributed by atoms with Crippen molar-refractivity contribution in [3.05, 3.63) is 29.3 Å². The fourth-order valence-electron chi connectivity index (χ4n) is 1.71. The van der Waals surface area contributed by atoms with Gasteiger partial charge in [0.05, 0.1) is 4.21 Å². The van der Waals surface area contributed by atoms with Gasteiger partial charge in [0.15, 0.2) is 11.5 Å². The summed E-state index contributed by atoms with van der Waals surface area (Å²) in [5.41, 5.74) is 3.01. The fourth-order valence-corrected chi connectivity index (χ4v) is 3.25. The van der Waals surface area contributed by atoms with Crippen molar-refractivity contribution in [1.82, 2.24) is 19.8 Å². The summed E-state index contributed by atoms with van der Waals surface area (Å²) in [7, 11) is 0. The number of thiophene rings is 1. The van der Waals surface area contributed by atoms with Gasteiger partial charge in [0.25, 0.3) is 0 Å². The van der Waals surface area contributed by atoms with E-state index in [4.69, 9.17) is 0 Å². The molecule has 3 rings (SSSR count). The summed E-state index contributed by atoms with van der Waals surface area (Å²) in [5, 5.41) is 14.8. The maximum Gasteiger partial charge on any atom is 0.187 e. The number of fused-ring (bicyclic) bond motifs is 1. The molecule has 0 unspecified atom stereocenters. The Morgan fingerprint density at radius 2 is 2.18 bits per heavy atom. The lowest BCUT2D eigenvalue weighted by molar-refractivity contribution is 0.927. The van der Waals surface area contributed by atoms with Gasteiger partial charge >= 0.3 is 0 Å². The Morgan fingerprint density at radius 1 is 1.29 bits per heavy atom. The second-order valence-corrected chi connectivity index (χ2v) is 5.59. The van der Waals surface area contributed by atoms with Crippen LogP contribution in [0.15, 0.2) is 27.9 Å². The lowest BCUT2D eigenvalue weighted by atomic mass is 10.3. The van der Waals surface area contributed by atoms with E-state index in [-0.39, 0.29) is 0 Å². The van der Waals surface area contributed by atoms with Crippen molar-refractivity contribution >= 4 is 28.7 Å². The highest BCUT2D eigenvalue weighted by Crippen LogP contribution is 2.33. The lowest BCUT2D eigenvalue weighted by Crippen LogP contribution is -1.95. The van der Waals surface area contributed by atoms with E-state index in [1.807, 2.05) is 13.0 Å². The standard InChI is InChI=1S/C11H10N4S2/c1-7-3-5-12-15-9(7)13-14-10(15)8-4-6-17-11(8)16-2/h3-6H,1-2H3. The summed E-state index contributed by atoms with van der Waals surface area (Å²) >= 11 is 3.44. The molecule has 4 nitrogen and oxygen atoms in total. The lowest BCUT2D eigenvalue weighted by Gasteiger charge is -1.99. The molecule has 0 fully saturated rings. The second-order valence-electron chi connectivity index (χ2n) is 3.60. The summed E-state index contributed by atoms with van der Waals surface area (Å²) in [4.78, 5) is 0. The minimum absolute atomic E-state index is 0.814. The highest BCUT2D eigenvalue weighted by Gasteiger charge is 2.14. The molecule has 3 heterocycles.